The van der Waals surface area contributed by atoms with Crippen LogP contribution in [0.4, 0.5) is 0 Å². The standard InChI is InChI=1S/C10H15N/c1-9-5-4-6-10(9)11-7-2-3-8-11/h2-3,6,9H,4-5,7-8H2,1H3. The number of rotatable bonds is 1. The Morgan fingerprint density at radius 2 is 2.09 bits per heavy atom. The van der Waals surface area contributed by atoms with Crippen molar-refractivity contribution < 1.29 is 0 Å². The molecule has 1 nitrogen and oxygen atoms in total. The fourth-order valence-corrected chi connectivity index (χ4v) is 1.96. The van der Waals surface area contributed by atoms with Crippen LogP contribution in [-0.4, -0.2) is 18.0 Å². The molecule has 0 N–H and O–H groups in total. The Bertz CT molecular complexity index is 195. The highest BCUT2D eigenvalue weighted by atomic mass is 15.1. The second-order valence-corrected chi connectivity index (χ2v) is 3.48. The van der Waals surface area contributed by atoms with Crippen molar-refractivity contribution in [2.75, 3.05) is 13.1 Å². The molecule has 0 aromatic heterocycles. The average molecular weight is 149 g/mol. The molecule has 11 heavy (non-hydrogen) atoms. The first kappa shape index (κ1) is 6.96. The lowest BCUT2D eigenvalue weighted by molar-refractivity contribution is 0.391. The van der Waals surface area contributed by atoms with Crippen LogP contribution in [0.25, 0.3) is 0 Å². The van der Waals surface area contributed by atoms with Gasteiger partial charge in [0.1, 0.15) is 0 Å². The maximum absolute atomic E-state index is 2.47. The summed E-state index contributed by atoms with van der Waals surface area (Å²) in [6.45, 7) is 4.60. The Balaban J connectivity index is 2.04. The predicted octanol–water partition coefficient (Wildman–Crippen LogP) is 2.17. The Morgan fingerprint density at radius 1 is 1.36 bits per heavy atom. The van der Waals surface area contributed by atoms with E-state index in [1.807, 2.05) is 0 Å². The van der Waals surface area contributed by atoms with Crippen molar-refractivity contribution >= 4 is 0 Å². The molecule has 0 radical (unpaired) electrons. The van der Waals surface area contributed by atoms with E-state index >= 15 is 0 Å². The van der Waals surface area contributed by atoms with Gasteiger partial charge in [-0.05, 0) is 18.8 Å². The zero-order valence-electron chi connectivity index (χ0n) is 7.09. The molecule has 2 rings (SSSR count). The predicted molar refractivity (Wildman–Crippen MR) is 47.2 cm³/mol. The quantitative estimate of drug-likeness (QED) is 0.516. The highest BCUT2D eigenvalue weighted by Crippen LogP contribution is 2.28. The van der Waals surface area contributed by atoms with Crippen LogP contribution < -0.4 is 0 Å². The van der Waals surface area contributed by atoms with E-state index in [1.54, 1.807) is 5.70 Å². The largest absolute Gasteiger partial charge is 0.367 e. The summed E-state index contributed by atoms with van der Waals surface area (Å²) < 4.78 is 0. The van der Waals surface area contributed by atoms with Crippen molar-refractivity contribution in [1.82, 2.24) is 4.90 Å². The van der Waals surface area contributed by atoms with E-state index in [0.717, 1.165) is 19.0 Å². The second kappa shape index (κ2) is 2.72. The van der Waals surface area contributed by atoms with Gasteiger partial charge >= 0.3 is 0 Å². The molecular weight excluding hydrogens is 134 g/mol. The Kier molecular flexibility index (Phi) is 1.72. The van der Waals surface area contributed by atoms with Crippen LogP contribution in [0.1, 0.15) is 19.8 Å². The third kappa shape index (κ3) is 1.20. The van der Waals surface area contributed by atoms with Gasteiger partial charge in [0.2, 0.25) is 0 Å². The maximum Gasteiger partial charge on any atom is 0.0360 e. The summed E-state index contributed by atoms with van der Waals surface area (Å²) in [5.74, 6) is 0.801. The summed E-state index contributed by atoms with van der Waals surface area (Å²) >= 11 is 0. The topological polar surface area (TPSA) is 3.24 Å². The zero-order valence-corrected chi connectivity index (χ0v) is 7.09. The molecule has 0 bridgehead atoms. The zero-order chi connectivity index (χ0) is 7.68. The number of nitrogens with zero attached hydrogens (tertiary/aromatic N) is 1. The van der Waals surface area contributed by atoms with Crippen LogP contribution in [0.15, 0.2) is 23.9 Å². The summed E-state index contributed by atoms with van der Waals surface area (Å²) in [5.41, 5.74) is 1.58. The molecule has 1 aliphatic carbocycles. The van der Waals surface area contributed by atoms with E-state index in [9.17, 15) is 0 Å². The first-order valence-corrected chi connectivity index (χ1v) is 4.48. The van der Waals surface area contributed by atoms with Crippen LogP contribution in [-0.2, 0) is 0 Å². The van der Waals surface area contributed by atoms with Gasteiger partial charge in [0, 0.05) is 18.8 Å². The SMILES string of the molecule is CC1CCC=C1N1CC=CC1. The molecule has 1 heteroatoms. The van der Waals surface area contributed by atoms with Gasteiger partial charge < -0.3 is 4.90 Å². The lowest BCUT2D eigenvalue weighted by Gasteiger charge is -2.22. The molecule has 0 spiro atoms. The lowest BCUT2D eigenvalue weighted by atomic mass is 10.1. The van der Waals surface area contributed by atoms with Gasteiger partial charge in [-0.3, -0.25) is 0 Å². The van der Waals surface area contributed by atoms with E-state index in [1.165, 1.54) is 12.8 Å². The minimum absolute atomic E-state index is 0.801. The van der Waals surface area contributed by atoms with Gasteiger partial charge in [0.25, 0.3) is 0 Å². The smallest absolute Gasteiger partial charge is 0.0360 e. The molecule has 0 saturated carbocycles. The molecule has 2 aliphatic rings. The van der Waals surface area contributed by atoms with E-state index in [0.29, 0.717) is 0 Å². The van der Waals surface area contributed by atoms with Crippen molar-refractivity contribution in [2.24, 2.45) is 5.92 Å². The summed E-state index contributed by atoms with van der Waals surface area (Å²) in [7, 11) is 0. The fraction of sp³-hybridized carbons (Fsp3) is 0.600. The van der Waals surface area contributed by atoms with E-state index in [-0.39, 0.29) is 0 Å². The number of hydrogen-bond donors (Lipinski definition) is 0. The Labute approximate surface area is 68.4 Å². The summed E-state index contributed by atoms with van der Waals surface area (Å²) in [6.07, 6.45) is 9.55. The van der Waals surface area contributed by atoms with Gasteiger partial charge in [0.15, 0.2) is 0 Å². The Hall–Kier alpha value is -0.720. The molecule has 0 saturated heterocycles. The van der Waals surface area contributed by atoms with E-state index in [4.69, 9.17) is 0 Å². The van der Waals surface area contributed by atoms with Gasteiger partial charge in [-0.2, -0.15) is 0 Å². The molecule has 60 valence electrons. The van der Waals surface area contributed by atoms with Crippen molar-refractivity contribution in [3.05, 3.63) is 23.9 Å². The molecule has 0 aromatic carbocycles. The first-order chi connectivity index (χ1) is 5.38. The minimum Gasteiger partial charge on any atom is -0.367 e. The number of allylic oxidation sites excluding steroid dienone is 2. The molecule has 1 unspecified atom stereocenters. The van der Waals surface area contributed by atoms with Gasteiger partial charge in [-0.25, -0.2) is 0 Å². The van der Waals surface area contributed by atoms with E-state index < -0.39 is 0 Å². The van der Waals surface area contributed by atoms with Crippen LogP contribution >= 0.6 is 0 Å². The number of hydrogen-bond acceptors (Lipinski definition) is 1. The first-order valence-electron chi connectivity index (χ1n) is 4.48. The Morgan fingerprint density at radius 3 is 2.64 bits per heavy atom. The van der Waals surface area contributed by atoms with Gasteiger partial charge in [-0.15, -0.1) is 0 Å². The van der Waals surface area contributed by atoms with Crippen LogP contribution in [0.3, 0.4) is 0 Å². The third-order valence-electron chi connectivity index (χ3n) is 2.64. The van der Waals surface area contributed by atoms with Crippen molar-refractivity contribution in [3.63, 3.8) is 0 Å². The highest BCUT2D eigenvalue weighted by Gasteiger charge is 2.19. The average Bonchev–Trinajstić information content (AvgIpc) is 2.55. The lowest BCUT2D eigenvalue weighted by Crippen LogP contribution is -2.21. The van der Waals surface area contributed by atoms with Crippen molar-refractivity contribution in [1.29, 1.82) is 0 Å². The summed E-state index contributed by atoms with van der Waals surface area (Å²) in [5, 5.41) is 0. The second-order valence-electron chi connectivity index (χ2n) is 3.48. The molecule has 0 amide bonds. The van der Waals surface area contributed by atoms with Crippen LogP contribution in [0.5, 0.6) is 0 Å². The highest BCUT2D eigenvalue weighted by molar-refractivity contribution is 5.15. The van der Waals surface area contributed by atoms with Crippen molar-refractivity contribution in [2.45, 2.75) is 19.8 Å². The van der Waals surface area contributed by atoms with Gasteiger partial charge in [-0.1, -0.05) is 25.2 Å². The molecule has 0 aromatic rings. The van der Waals surface area contributed by atoms with E-state index in [2.05, 4.69) is 30.1 Å². The maximum atomic E-state index is 2.47. The summed E-state index contributed by atoms with van der Waals surface area (Å²) in [6, 6.07) is 0. The third-order valence-corrected chi connectivity index (χ3v) is 2.64. The van der Waals surface area contributed by atoms with Crippen LogP contribution in [0, 0.1) is 5.92 Å². The molecular formula is C10H15N. The monoisotopic (exact) mass is 149 g/mol. The molecule has 1 atom stereocenters. The fourth-order valence-electron chi connectivity index (χ4n) is 1.96. The molecule has 0 fully saturated rings. The molecule has 1 heterocycles. The van der Waals surface area contributed by atoms with Crippen LogP contribution in [0.2, 0.25) is 0 Å². The minimum atomic E-state index is 0.801. The normalized spacial score (nSPS) is 29.7. The van der Waals surface area contributed by atoms with Gasteiger partial charge in [0.05, 0.1) is 0 Å². The summed E-state index contributed by atoms with van der Waals surface area (Å²) in [4.78, 5) is 2.47. The molecule has 1 aliphatic heterocycles. The van der Waals surface area contributed by atoms with Crippen molar-refractivity contribution in [3.8, 4) is 0 Å².